The molecule has 3 heteroatoms. The fraction of sp³-hybridized carbons (Fsp3) is 0.667. The van der Waals surface area contributed by atoms with Crippen LogP contribution in [0, 0.1) is 11.3 Å². The van der Waals surface area contributed by atoms with Gasteiger partial charge in [-0.25, -0.2) is 4.99 Å². The number of nitrogens with zero attached hydrogens (tertiary/aromatic N) is 2. The Labute approximate surface area is 54.0 Å². The summed E-state index contributed by atoms with van der Waals surface area (Å²) in [6, 6.07) is 1.86. The summed E-state index contributed by atoms with van der Waals surface area (Å²) in [7, 11) is 0. The van der Waals surface area contributed by atoms with Crippen molar-refractivity contribution in [3.63, 3.8) is 0 Å². The SMILES string of the molecule is CCC1CN=C(C#N)O1. The van der Waals surface area contributed by atoms with Crippen LogP contribution in [0.15, 0.2) is 4.99 Å². The zero-order valence-electron chi connectivity index (χ0n) is 5.29. The molecule has 0 bridgehead atoms. The molecule has 1 aliphatic rings. The highest BCUT2D eigenvalue weighted by molar-refractivity contribution is 5.92. The van der Waals surface area contributed by atoms with Gasteiger partial charge in [0.25, 0.3) is 5.90 Å². The third-order valence-corrected chi connectivity index (χ3v) is 1.27. The Morgan fingerprint density at radius 1 is 2.00 bits per heavy atom. The van der Waals surface area contributed by atoms with E-state index in [9.17, 15) is 0 Å². The van der Waals surface area contributed by atoms with Crippen LogP contribution in [0.2, 0.25) is 0 Å². The van der Waals surface area contributed by atoms with E-state index in [2.05, 4.69) is 4.99 Å². The van der Waals surface area contributed by atoms with Gasteiger partial charge in [-0.3, -0.25) is 0 Å². The summed E-state index contributed by atoms with van der Waals surface area (Å²) in [6.07, 6.45) is 1.08. The molecular weight excluding hydrogens is 116 g/mol. The van der Waals surface area contributed by atoms with Crippen LogP contribution in [0.25, 0.3) is 0 Å². The van der Waals surface area contributed by atoms with Crippen molar-refractivity contribution in [2.24, 2.45) is 4.99 Å². The second-order valence-corrected chi connectivity index (χ2v) is 1.91. The molecule has 1 rings (SSSR count). The van der Waals surface area contributed by atoms with E-state index in [-0.39, 0.29) is 12.0 Å². The lowest BCUT2D eigenvalue weighted by molar-refractivity contribution is 0.222. The van der Waals surface area contributed by atoms with E-state index in [4.69, 9.17) is 10.00 Å². The maximum absolute atomic E-state index is 8.27. The molecule has 0 aromatic carbocycles. The molecule has 9 heavy (non-hydrogen) atoms. The minimum absolute atomic E-state index is 0.152. The summed E-state index contributed by atoms with van der Waals surface area (Å²) >= 11 is 0. The smallest absolute Gasteiger partial charge is 0.291 e. The molecule has 1 heterocycles. The molecule has 0 spiro atoms. The molecule has 0 N–H and O–H groups in total. The second-order valence-electron chi connectivity index (χ2n) is 1.91. The summed E-state index contributed by atoms with van der Waals surface area (Å²) in [4.78, 5) is 3.84. The first-order valence-electron chi connectivity index (χ1n) is 2.98. The van der Waals surface area contributed by atoms with Crippen molar-refractivity contribution in [2.75, 3.05) is 6.54 Å². The zero-order valence-corrected chi connectivity index (χ0v) is 5.29. The van der Waals surface area contributed by atoms with Gasteiger partial charge in [0.1, 0.15) is 6.10 Å². The largest absolute Gasteiger partial charge is 0.465 e. The molecule has 1 aliphatic heterocycles. The number of hydrogen-bond acceptors (Lipinski definition) is 3. The van der Waals surface area contributed by atoms with Gasteiger partial charge in [-0.05, 0) is 6.42 Å². The average molecular weight is 124 g/mol. The van der Waals surface area contributed by atoms with Crippen molar-refractivity contribution in [1.29, 1.82) is 5.26 Å². The molecule has 3 nitrogen and oxygen atoms in total. The van der Waals surface area contributed by atoms with E-state index >= 15 is 0 Å². The summed E-state index contributed by atoms with van der Waals surface area (Å²) in [5.41, 5.74) is 0. The fourth-order valence-electron chi connectivity index (χ4n) is 0.691. The lowest BCUT2D eigenvalue weighted by Crippen LogP contribution is -2.09. The van der Waals surface area contributed by atoms with Gasteiger partial charge in [-0.2, -0.15) is 5.26 Å². The molecular formula is C6H8N2O. The van der Waals surface area contributed by atoms with Gasteiger partial charge in [0.2, 0.25) is 0 Å². The van der Waals surface area contributed by atoms with Crippen LogP contribution in [0.1, 0.15) is 13.3 Å². The lowest BCUT2D eigenvalue weighted by Gasteiger charge is -2.02. The Hall–Kier alpha value is -1.04. The second kappa shape index (κ2) is 2.49. The first-order chi connectivity index (χ1) is 4.36. The number of ether oxygens (including phenoxy) is 1. The summed E-state index contributed by atoms with van der Waals surface area (Å²) in [6.45, 7) is 2.67. The summed E-state index contributed by atoms with van der Waals surface area (Å²) in [5, 5.41) is 8.27. The normalized spacial score (nSPS) is 24.4. The number of rotatable bonds is 1. The van der Waals surface area contributed by atoms with Gasteiger partial charge in [0.15, 0.2) is 6.07 Å². The van der Waals surface area contributed by atoms with Crippen molar-refractivity contribution < 1.29 is 4.74 Å². The highest BCUT2D eigenvalue weighted by atomic mass is 16.5. The van der Waals surface area contributed by atoms with Gasteiger partial charge >= 0.3 is 0 Å². The molecule has 0 saturated heterocycles. The van der Waals surface area contributed by atoms with Crippen LogP contribution in [0.3, 0.4) is 0 Å². The van der Waals surface area contributed by atoms with E-state index in [1.807, 2.05) is 13.0 Å². The number of hydrogen-bond donors (Lipinski definition) is 0. The Morgan fingerprint density at radius 3 is 3.11 bits per heavy atom. The number of nitriles is 1. The predicted octanol–water partition coefficient (Wildman–Crippen LogP) is 0.717. The van der Waals surface area contributed by atoms with E-state index < -0.39 is 0 Å². The highest BCUT2D eigenvalue weighted by Crippen LogP contribution is 2.06. The Kier molecular flexibility index (Phi) is 1.69. The van der Waals surface area contributed by atoms with Crippen LogP contribution in [0.4, 0.5) is 0 Å². The van der Waals surface area contributed by atoms with Crippen molar-refractivity contribution >= 4 is 5.90 Å². The van der Waals surface area contributed by atoms with Gasteiger partial charge in [-0.1, -0.05) is 6.92 Å². The first-order valence-corrected chi connectivity index (χ1v) is 2.98. The molecule has 1 unspecified atom stereocenters. The lowest BCUT2D eigenvalue weighted by atomic mass is 10.3. The van der Waals surface area contributed by atoms with Crippen LogP contribution >= 0.6 is 0 Å². The maximum Gasteiger partial charge on any atom is 0.291 e. The number of aliphatic imine (C=N–C) groups is 1. The molecule has 0 aliphatic carbocycles. The third kappa shape index (κ3) is 1.20. The molecule has 0 saturated carbocycles. The van der Waals surface area contributed by atoms with Crippen LogP contribution in [-0.2, 0) is 4.74 Å². The monoisotopic (exact) mass is 124 g/mol. The van der Waals surface area contributed by atoms with Crippen molar-refractivity contribution in [3.8, 4) is 6.07 Å². The molecule has 0 fully saturated rings. The van der Waals surface area contributed by atoms with Gasteiger partial charge in [0, 0.05) is 0 Å². The average Bonchev–Trinajstić information content (AvgIpc) is 2.34. The quantitative estimate of drug-likeness (QED) is 0.517. The zero-order chi connectivity index (χ0) is 6.69. The molecule has 0 radical (unpaired) electrons. The van der Waals surface area contributed by atoms with Gasteiger partial charge in [-0.15, -0.1) is 0 Å². The Morgan fingerprint density at radius 2 is 2.78 bits per heavy atom. The topological polar surface area (TPSA) is 45.4 Å². The molecule has 1 atom stereocenters. The molecule has 0 aromatic heterocycles. The van der Waals surface area contributed by atoms with E-state index in [1.165, 1.54) is 0 Å². The predicted molar refractivity (Wildman–Crippen MR) is 33.1 cm³/mol. The Bertz CT molecular complexity index is 168. The van der Waals surface area contributed by atoms with Gasteiger partial charge < -0.3 is 4.74 Å². The first kappa shape index (κ1) is 6.09. The summed E-state index contributed by atoms with van der Waals surface area (Å²) < 4.78 is 5.05. The van der Waals surface area contributed by atoms with Crippen molar-refractivity contribution in [3.05, 3.63) is 0 Å². The van der Waals surface area contributed by atoms with Crippen molar-refractivity contribution in [2.45, 2.75) is 19.4 Å². The molecule has 0 aromatic rings. The van der Waals surface area contributed by atoms with Crippen molar-refractivity contribution in [1.82, 2.24) is 0 Å². The van der Waals surface area contributed by atoms with Gasteiger partial charge in [0.05, 0.1) is 6.54 Å². The van der Waals surface area contributed by atoms with Crippen LogP contribution in [-0.4, -0.2) is 18.5 Å². The fourth-order valence-corrected chi connectivity index (χ4v) is 0.691. The highest BCUT2D eigenvalue weighted by Gasteiger charge is 2.16. The summed E-state index contributed by atoms with van der Waals surface area (Å²) in [5.74, 6) is 0.238. The van der Waals surface area contributed by atoms with Crippen LogP contribution in [0.5, 0.6) is 0 Å². The maximum atomic E-state index is 8.27. The van der Waals surface area contributed by atoms with E-state index in [1.54, 1.807) is 0 Å². The molecule has 48 valence electrons. The molecule has 0 amide bonds. The van der Waals surface area contributed by atoms with E-state index in [0.717, 1.165) is 6.42 Å². The minimum atomic E-state index is 0.152. The standard InChI is InChI=1S/C6H8N2O/c1-2-5-4-8-6(3-7)9-5/h5H,2,4H2,1H3. The third-order valence-electron chi connectivity index (χ3n) is 1.27. The minimum Gasteiger partial charge on any atom is -0.465 e. The van der Waals surface area contributed by atoms with E-state index in [0.29, 0.717) is 6.54 Å². The van der Waals surface area contributed by atoms with Crippen LogP contribution < -0.4 is 0 Å². The Balaban J connectivity index is 2.42.